The number of hydrogen-bond acceptors (Lipinski definition) is 5. The summed E-state index contributed by atoms with van der Waals surface area (Å²) in [5.41, 5.74) is 0.828. The van der Waals surface area contributed by atoms with Gasteiger partial charge in [0.25, 0.3) is 5.69 Å². The van der Waals surface area contributed by atoms with Crippen LogP contribution in [0.5, 0.6) is 0 Å². The number of nitrogens with one attached hydrogen (secondary N) is 3. The van der Waals surface area contributed by atoms with Crippen molar-refractivity contribution in [2.45, 2.75) is 6.42 Å². The first-order chi connectivity index (χ1) is 11.1. The van der Waals surface area contributed by atoms with Crippen LogP contribution >= 0.6 is 11.3 Å². The summed E-state index contributed by atoms with van der Waals surface area (Å²) in [6.07, 6.45) is 0.826. The van der Waals surface area contributed by atoms with Crippen molar-refractivity contribution in [1.29, 1.82) is 0 Å². The fourth-order valence-electron chi connectivity index (χ4n) is 1.90. The van der Waals surface area contributed by atoms with Crippen molar-refractivity contribution in [2.24, 2.45) is 0 Å². The van der Waals surface area contributed by atoms with Crippen LogP contribution in [0.25, 0.3) is 0 Å². The van der Waals surface area contributed by atoms with Crippen LogP contribution in [0.1, 0.15) is 4.88 Å². The molecule has 7 nitrogen and oxygen atoms in total. The molecule has 1 heterocycles. The van der Waals surface area contributed by atoms with Gasteiger partial charge in [-0.2, -0.15) is 0 Å². The van der Waals surface area contributed by atoms with E-state index in [2.05, 4.69) is 16.0 Å². The molecular weight excluding hydrogens is 316 g/mol. The van der Waals surface area contributed by atoms with Gasteiger partial charge >= 0.3 is 6.03 Å². The summed E-state index contributed by atoms with van der Waals surface area (Å²) in [7, 11) is 0. The van der Waals surface area contributed by atoms with Crippen LogP contribution in [0.2, 0.25) is 0 Å². The first-order valence-corrected chi connectivity index (χ1v) is 8.05. The third kappa shape index (κ3) is 5.95. The molecule has 2 amide bonds. The average molecular weight is 334 g/mol. The molecule has 0 saturated heterocycles. The van der Waals surface area contributed by atoms with Crippen LogP contribution in [0, 0.1) is 10.1 Å². The van der Waals surface area contributed by atoms with E-state index in [1.165, 1.54) is 17.0 Å². The minimum atomic E-state index is -0.439. The molecule has 0 aliphatic rings. The second-order valence-electron chi connectivity index (χ2n) is 4.74. The van der Waals surface area contributed by atoms with E-state index in [9.17, 15) is 14.9 Å². The van der Waals surface area contributed by atoms with Crippen molar-refractivity contribution < 1.29 is 9.72 Å². The second-order valence-corrected chi connectivity index (χ2v) is 5.78. The van der Waals surface area contributed by atoms with Crippen molar-refractivity contribution >= 4 is 28.7 Å². The predicted molar refractivity (Wildman–Crippen MR) is 91.0 cm³/mol. The number of anilines is 1. The number of carbonyl (C=O) groups is 1. The Morgan fingerprint density at radius 2 is 1.83 bits per heavy atom. The zero-order valence-electron chi connectivity index (χ0n) is 12.5. The number of hydrogen-bond donors (Lipinski definition) is 3. The van der Waals surface area contributed by atoms with E-state index in [-0.39, 0.29) is 11.7 Å². The number of urea groups is 1. The van der Waals surface area contributed by atoms with E-state index < -0.39 is 4.92 Å². The largest absolute Gasteiger partial charge is 0.383 e. The molecule has 8 heteroatoms. The highest BCUT2D eigenvalue weighted by Crippen LogP contribution is 2.14. The maximum Gasteiger partial charge on any atom is 0.314 e. The van der Waals surface area contributed by atoms with Gasteiger partial charge in [-0.15, -0.1) is 11.3 Å². The van der Waals surface area contributed by atoms with Crippen molar-refractivity contribution in [1.82, 2.24) is 10.6 Å². The van der Waals surface area contributed by atoms with Gasteiger partial charge in [-0.3, -0.25) is 10.1 Å². The monoisotopic (exact) mass is 334 g/mol. The topological polar surface area (TPSA) is 96.3 Å². The lowest BCUT2D eigenvalue weighted by atomic mass is 10.3. The lowest BCUT2D eigenvalue weighted by Gasteiger charge is -2.09. The summed E-state index contributed by atoms with van der Waals surface area (Å²) in [5.74, 6) is 0. The number of nitrogens with zero attached hydrogens (tertiary/aromatic N) is 1. The lowest BCUT2D eigenvalue weighted by Crippen LogP contribution is -2.38. The molecule has 0 atom stereocenters. The molecule has 0 spiro atoms. The summed E-state index contributed by atoms with van der Waals surface area (Å²) in [6, 6.07) is 9.98. The fraction of sp³-hybridized carbons (Fsp3) is 0.267. The number of non-ortho nitro benzene ring substituents is 1. The average Bonchev–Trinajstić information content (AvgIpc) is 3.05. The number of nitro groups is 1. The Hall–Kier alpha value is -2.61. The zero-order valence-corrected chi connectivity index (χ0v) is 13.3. The maximum atomic E-state index is 11.6. The van der Waals surface area contributed by atoms with Crippen molar-refractivity contribution in [2.75, 3.05) is 25.0 Å². The first-order valence-electron chi connectivity index (χ1n) is 7.17. The lowest BCUT2D eigenvalue weighted by molar-refractivity contribution is -0.384. The molecule has 0 saturated carbocycles. The van der Waals surface area contributed by atoms with Gasteiger partial charge in [0.2, 0.25) is 0 Å². The van der Waals surface area contributed by atoms with Crippen LogP contribution < -0.4 is 16.0 Å². The van der Waals surface area contributed by atoms with Crippen LogP contribution in [-0.2, 0) is 6.42 Å². The van der Waals surface area contributed by atoms with E-state index in [0.717, 1.165) is 12.1 Å². The van der Waals surface area contributed by atoms with E-state index in [1.54, 1.807) is 23.5 Å². The number of rotatable bonds is 8. The van der Waals surface area contributed by atoms with Gasteiger partial charge in [-0.25, -0.2) is 4.79 Å². The molecule has 0 bridgehead atoms. The number of nitro benzene ring substituents is 1. The Balaban J connectivity index is 1.57. The minimum Gasteiger partial charge on any atom is -0.383 e. The Morgan fingerprint density at radius 3 is 2.48 bits per heavy atom. The molecule has 0 aliphatic carbocycles. The molecular formula is C15H18N4O3S. The van der Waals surface area contributed by atoms with Gasteiger partial charge in [0.15, 0.2) is 0 Å². The summed E-state index contributed by atoms with van der Waals surface area (Å²) in [6.45, 7) is 1.60. The molecule has 3 N–H and O–H groups in total. The summed E-state index contributed by atoms with van der Waals surface area (Å²) in [5, 5.41) is 21.2. The Labute approximate surface area is 137 Å². The number of benzene rings is 1. The van der Waals surface area contributed by atoms with Crippen LogP contribution in [0.15, 0.2) is 41.8 Å². The molecule has 23 heavy (non-hydrogen) atoms. The van der Waals surface area contributed by atoms with Gasteiger partial charge in [0, 0.05) is 42.3 Å². The third-order valence-electron chi connectivity index (χ3n) is 3.05. The quantitative estimate of drug-likeness (QED) is 0.393. The summed E-state index contributed by atoms with van der Waals surface area (Å²) < 4.78 is 0. The SMILES string of the molecule is O=C(NCCNc1ccc([N+](=O)[O-])cc1)NCCc1cccs1. The summed E-state index contributed by atoms with van der Waals surface area (Å²) in [4.78, 5) is 22.9. The van der Waals surface area contributed by atoms with Crippen molar-refractivity contribution in [3.63, 3.8) is 0 Å². The van der Waals surface area contributed by atoms with Crippen molar-refractivity contribution in [3.8, 4) is 0 Å². The normalized spacial score (nSPS) is 10.1. The van der Waals surface area contributed by atoms with Crippen LogP contribution in [0.4, 0.5) is 16.2 Å². The van der Waals surface area contributed by atoms with Gasteiger partial charge in [-0.05, 0) is 30.0 Å². The number of amides is 2. The molecule has 1 aromatic heterocycles. The molecule has 0 radical (unpaired) electrons. The molecule has 0 aliphatic heterocycles. The van der Waals surface area contributed by atoms with E-state index in [0.29, 0.717) is 19.6 Å². The van der Waals surface area contributed by atoms with Gasteiger partial charge in [0.1, 0.15) is 0 Å². The molecule has 2 rings (SSSR count). The highest BCUT2D eigenvalue weighted by atomic mass is 32.1. The molecule has 1 aromatic carbocycles. The van der Waals surface area contributed by atoms with Crippen LogP contribution in [0.3, 0.4) is 0 Å². The van der Waals surface area contributed by atoms with E-state index >= 15 is 0 Å². The number of thiophene rings is 1. The van der Waals surface area contributed by atoms with Gasteiger partial charge < -0.3 is 16.0 Å². The smallest absolute Gasteiger partial charge is 0.314 e. The Bertz CT molecular complexity index is 629. The molecule has 2 aromatic rings. The van der Waals surface area contributed by atoms with Crippen LogP contribution in [-0.4, -0.2) is 30.6 Å². The number of carbonyl (C=O) groups excluding carboxylic acids is 1. The van der Waals surface area contributed by atoms with E-state index in [4.69, 9.17) is 0 Å². The minimum absolute atomic E-state index is 0.0544. The zero-order chi connectivity index (χ0) is 16.5. The Morgan fingerprint density at radius 1 is 1.09 bits per heavy atom. The van der Waals surface area contributed by atoms with Crippen molar-refractivity contribution in [3.05, 3.63) is 56.8 Å². The maximum absolute atomic E-state index is 11.6. The van der Waals surface area contributed by atoms with Gasteiger partial charge in [0.05, 0.1) is 4.92 Å². The standard InChI is InChI=1S/C15H18N4O3S/c20-15(17-8-7-14-2-1-11-23-14)18-10-9-16-12-3-5-13(6-4-12)19(21)22/h1-6,11,16H,7-10H2,(H2,17,18,20). The highest BCUT2D eigenvalue weighted by molar-refractivity contribution is 7.09. The first kappa shape index (κ1) is 16.8. The molecule has 0 unspecified atom stereocenters. The van der Waals surface area contributed by atoms with Gasteiger partial charge in [-0.1, -0.05) is 6.07 Å². The highest BCUT2D eigenvalue weighted by Gasteiger charge is 2.03. The van der Waals surface area contributed by atoms with E-state index in [1.807, 2.05) is 17.5 Å². The molecule has 122 valence electrons. The molecule has 0 fully saturated rings. The summed E-state index contributed by atoms with van der Waals surface area (Å²) >= 11 is 1.67. The third-order valence-corrected chi connectivity index (χ3v) is 3.99. The fourth-order valence-corrected chi connectivity index (χ4v) is 2.61. The predicted octanol–water partition coefficient (Wildman–Crippen LogP) is 2.61. The Kier molecular flexibility index (Phi) is 6.37. The second kappa shape index (κ2) is 8.74.